The predicted molar refractivity (Wildman–Crippen MR) is 116 cm³/mol. The van der Waals surface area contributed by atoms with Gasteiger partial charge in [-0.3, -0.25) is 9.59 Å². The van der Waals surface area contributed by atoms with Crippen molar-refractivity contribution in [1.29, 1.82) is 0 Å². The Balaban J connectivity index is 1.64. The average Bonchev–Trinajstić information content (AvgIpc) is 2.92. The summed E-state index contributed by atoms with van der Waals surface area (Å²) in [4.78, 5) is 24.2. The van der Waals surface area contributed by atoms with Crippen LogP contribution in [0.25, 0.3) is 0 Å². The van der Waals surface area contributed by atoms with E-state index in [-0.39, 0.29) is 21.6 Å². The van der Waals surface area contributed by atoms with Crippen LogP contribution in [-0.2, 0) is 14.3 Å². The van der Waals surface area contributed by atoms with Crippen LogP contribution in [0.4, 0.5) is 0 Å². The van der Waals surface area contributed by atoms with E-state index in [1.54, 1.807) is 14.0 Å². The van der Waals surface area contributed by atoms with Crippen molar-refractivity contribution in [2.75, 3.05) is 13.7 Å². The lowest BCUT2D eigenvalue weighted by Crippen LogP contribution is -2.55. The molecule has 29 heavy (non-hydrogen) atoms. The molecule has 5 heteroatoms. The van der Waals surface area contributed by atoms with Crippen molar-refractivity contribution in [3.8, 4) is 0 Å². The standard InChI is InChI=1S/C24H36O4S/c1-15(25)29-21-14-16-13-17(26)5-6-18(16)19-7-10-23(2)20(22(19)21)8-11-24(23,27)9-4-12-28-3/h13,18-22,27H,4-12,14H2,1-3H3/t18-,19+,20-,21+,22+,23-,24-/m0/s1. The minimum absolute atomic E-state index is 0.0801. The van der Waals surface area contributed by atoms with Crippen LogP contribution >= 0.6 is 11.8 Å². The summed E-state index contributed by atoms with van der Waals surface area (Å²) in [5, 5.41) is 12.1. The maximum Gasteiger partial charge on any atom is 0.186 e. The van der Waals surface area contributed by atoms with E-state index in [4.69, 9.17) is 4.74 Å². The lowest BCUT2D eigenvalue weighted by atomic mass is 9.50. The predicted octanol–water partition coefficient (Wildman–Crippen LogP) is 4.54. The fraction of sp³-hybridized carbons (Fsp3) is 0.833. The van der Waals surface area contributed by atoms with Crippen molar-refractivity contribution in [3.63, 3.8) is 0 Å². The number of ketones is 1. The molecule has 0 aromatic rings. The highest BCUT2D eigenvalue weighted by Gasteiger charge is 2.63. The largest absolute Gasteiger partial charge is 0.389 e. The first kappa shape index (κ1) is 21.6. The Morgan fingerprint density at radius 1 is 1.31 bits per heavy atom. The van der Waals surface area contributed by atoms with Crippen molar-refractivity contribution >= 4 is 22.7 Å². The van der Waals surface area contributed by atoms with Gasteiger partial charge in [0.1, 0.15) is 0 Å². The van der Waals surface area contributed by atoms with Crippen LogP contribution < -0.4 is 0 Å². The normalized spacial score (nSPS) is 43.9. The second-order valence-corrected chi connectivity index (χ2v) is 11.6. The first-order valence-electron chi connectivity index (χ1n) is 11.4. The van der Waals surface area contributed by atoms with Gasteiger partial charge in [0.15, 0.2) is 10.9 Å². The molecule has 4 nitrogen and oxygen atoms in total. The molecule has 0 bridgehead atoms. The fourth-order valence-corrected chi connectivity index (χ4v) is 8.78. The number of allylic oxidation sites excluding steroid dienone is 1. The number of carbonyl (C=O) groups excluding carboxylic acids is 2. The van der Waals surface area contributed by atoms with Gasteiger partial charge < -0.3 is 9.84 Å². The van der Waals surface area contributed by atoms with Gasteiger partial charge >= 0.3 is 0 Å². The first-order valence-corrected chi connectivity index (χ1v) is 12.3. The number of fused-ring (bicyclic) bond motifs is 5. The van der Waals surface area contributed by atoms with E-state index in [1.165, 1.54) is 17.3 Å². The Morgan fingerprint density at radius 3 is 2.83 bits per heavy atom. The van der Waals surface area contributed by atoms with E-state index in [1.807, 2.05) is 6.08 Å². The number of carbonyl (C=O) groups is 2. The van der Waals surface area contributed by atoms with Gasteiger partial charge in [-0.2, -0.15) is 0 Å². The Labute approximate surface area is 179 Å². The Morgan fingerprint density at radius 2 is 2.10 bits per heavy atom. The minimum Gasteiger partial charge on any atom is -0.389 e. The maximum atomic E-state index is 12.1. The molecule has 4 rings (SSSR count). The third-order valence-electron chi connectivity index (χ3n) is 8.87. The number of thioether (sulfide) groups is 1. The SMILES string of the molecule is COCCC[C@]1(O)CC[C@H]2[C@H]3[C@H](CC[C@@]21C)[C@H]1CCC(=O)C=C1C[C@H]3SC(C)=O. The summed E-state index contributed by atoms with van der Waals surface area (Å²) in [5.41, 5.74) is 0.604. The van der Waals surface area contributed by atoms with Gasteiger partial charge in [0.25, 0.3) is 0 Å². The average molecular weight is 421 g/mol. The van der Waals surface area contributed by atoms with Gasteiger partial charge in [-0.05, 0) is 86.5 Å². The van der Waals surface area contributed by atoms with E-state index in [0.29, 0.717) is 36.7 Å². The zero-order chi connectivity index (χ0) is 20.8. The van der Waals surface area contributed by atoms with Gasteiger partial charge in [-0.25, -0.2) is 0 Å². The molecular weight excluding hydrogens is 384 g/mol. The number of aliphatic hydroxyl groups is 1. The quantitative estimate of drug-likeness (QED) is 0.662. The zero-order valence-electron chi connectivity index (χ0n) is 18.1. The number of hydrogen-bond donors (Lipinski definition) is 1. The fourth-order valence-electron chi connectivity index (χ4n) is 7.53. The molecule has 7 atom stereocenters. The molecule has 0 aromatic heterocycles. The summed E-state index contributed by atoms with van der Waals surface area (Å²) < 4.78 is 5.24. The summed E-state index contributed by atoms with van der Waals surface area (Å²) >= 11 is 1.49. The summed E-state index contributed by atoms with van der Waals surface area (Å²) in [5.74, 6) is 2.25. The molecule has 0 saturated heterocycles. The van der Waals surface area contributed by atoms with Crippen molar-refractivity contribution < 1.29 is 19.4 Å². The molecule has 4 aliphatic carbocycles. The van der Waals surface area contributed by atoms with Gasteiger partial charge in [0, 0.05) is 32.3 Å². The molecule has 0 heterocycles. The smallest absolute Gasteiger partial charge is 0.186 e. The van der Waals surface area contributed by atoms with Crippen LogP contribution in [0.2, 0.25) is 0 Å². The highest BCUT2D eigenvalue weighted by molar-refractivity contribution is 8.14. The van der Waals surface area contributed by atoms with Crippen LogP contribution in [0.15, 0.2) is 11.6 Å². The molecule has 3 saturated carbocycles. The van der Waals surface area contributed by atoms with Crippen molar-refractivity contribution in [1.82, 2.24) is 0 Å². The lowest BCUT2D eigenvalue weighted by molar-refractivity contribution is -0.124. The van der Waals surface area contributed by atoms with E-state index in [0.717, 1.165) is 51.4 Å². The van der Waals surface area contributed by atoms with Crippen LogP contribution in [0, 0.1) is 29.1 Å². The monoisotopic (exact) mass is 420 g/mol. The summed E-state index contributed by atoms with van der Waals surface area (Å²) in [7, 11) is 1.72. The number of rotatable bonds is 5. The summed E-state index contributed by atoms with van der Waals surface area (Å²) in [6.07, 6.45) is 10.2. The number of ether oxygens (including phenoxy) is 1. The topological polar surface area (TPSA) is 63.6 Å². The third-order valence-corrected chi connectivity index (χ3v) is 9.99. The summed E-state index contributed by atoms with van der Waals surface area (Å²) in [6, 6.07) is 0. The molecule has 0 unspecified atom stereocenters. The van der Waals surface area contributed by atoms with Gasteiger partial charge in [0.05, 0.1) is 5.60 Å². The van der Waals surface area contributed by atoms with Crippen LogP contribution in [0.1, 0.15) is 71.6 Å². The molecule has 4 aliphatic rings. The Bertz CT molecular complexity index is 703. The van der Waals surface area contributed by atoms with Gasteiger partial charge in [0.2, 0.25) is 0 Å². The molecule has 0 aliphatic heterocycles. The van der Waals surface area contributed by atoms with Gasteiger partial charge in [-0.1, -0.05) is 24.3 Å². The Kier molecular flexibility index (Phi) is 6.04. The van der Waals surface area contributed by atoms with E-state index >= 15 is 0 Å². The minimum atomic E-state index is -0.620. The Hall–Kier alpha value is -0.650. The van der Waals surface area contributed by atoms with Crippen molar-refractivity contribution in [2.45, 2.75) is 82.5 Å². The molecule has 0 aromatic carbocycles. The highest BCUT2D eigenvalue weighted by atomic mass is 32.2. The van der Waals surface area contributed by atoms with E-state index < -0.39 is 5.60 Å². The van der Waals surface area contributed by atoms with Crippen LogP contribution in [0.3, 0.4) is 0 Å². The van der Waals surface area contributed by atoms with Crippen molar-refractivity contribution in [2.24, 2.45) is 29.1 Å². The maximum absolute atomic E-state index is 12.1. The molecule has 3 fully saturated rings. The summed E-state index contributed by atoms with van der Waals surface area (Å²) in [6.45, 7) is 4.69. The highest BCUT2D eigenvalue weighted by Crippen LogP contribution is 2.66. The lowest BCUT2D eigenvalue weighted by Gasteiger charge is -2.57. The van der Waals surface area contributed by atoms with E-state index in [9.17, 15) is 14.7 Å². The molecule has 0 radical (unpaired) electrons. The second kappa shape index (κ2) is 8.12. The number of methoxy groups -OCH3 is 1. The van der Waals surface area contributed by atoms with E-state index in [2.05, 4.69) is 6.92 Å². The third kappa shape index (κ3) is 3.65. The molecule has 0 amide bonds. The van der Waals surface area contributed by atoms with Crippen LogP contribution in [0.5, 0.6) is 0 Å². The van der Waals surface area contributed by atoms with Gasteiger partial charge in [-0.15, -0.1) is 0 Å². The molecule has 0 spiro atoms. The number of hydrogen-bond acceptors (Lipinski definition) is 5. The van der Waals surface area contributed by atoms with Crippen LogP contribution in [-0.4, -0.2) is 40.6 Å². The molecular formula is C24H36O4S. The zero-order valence-corrected chi connectivity index (χ0v) is 18.9. The first-order chi connectivity index (χ1) is 13.8. The van der Waals surface area contributed by atoms with Crippen molar-refractivity contribution in [3.05, 3.63) is 11.6 Å². The molecule has 162 valence electrons. The second-order valence-electron chi connectivity index (χ2n) is 10.2. The molecule has 1 N–H and O–H groups in total.